The third-order valence-corrected chi connectivity index (χ3v) is 7.27. The van der Waals surface area contributed by atoms with Crippen LogP contribution in [0, 0.1) is 0 Å². The van der Waals surface area contributed by atoms with Crippen molar-refractivity contribution in [2.24, 2.45) is 0 Å². The van der Waals surface area contributed by atoms with Gasteiger partial charge in [0.25, 0.3) is 0 Å². The third-order valence-electron chi connectivity index (χ3n) is 4.08. The van der Waals surface area contributed by atoms with E-state index in [-0.39, 0.29) is 0 Å². The van der Waals surface area contributed by atoms with Gasteiger partial charge in [-0.1, -0.05) is 53.8 Å². The van der Waals surface area contributed by atoms with Gasteiger partial charge in [-0.05, 0) is 18.6 Å². The first kappa shape index (κ1) is 19.1. The molecule has 1 fully saturated rings. The van der Waals surface area contributed by atoms with E-state index < -0.39 is 0 Å². The Balaban J connectivity index is 1.72. The monoisotopic (exact) mass is 437 g/mol. The van der Waals surface area contributed by atoms with E-state index in [1.54, 1.807) is 23.1 Å². The lowest BCUT2D eigenvalue weighted by Gasteiger charge is -2.27. The Labute approximate surface area is 176 Å². The van der Waals surface area contributed by atoms with Gasteiger partial charge in [0.1, 0.15) is 5.52 Å². The summed E-state index contributed by atoms with van der Waals surface area (Å²) in [4.78, 5) is 17.7. The molecule has 0 atom stereocenters. The Morgan fingerprint density at radius 1 is 1.19 bits per heavy atom. The van der Waals surface area contributed by atoms with Gasteiger partial charge in [-0.2, -0.15) is 11.8 Å². The second-order valence-electron chi connectivity index (χ2n) is 6.06. The van der Waals surface area contributed by atoms with Crippen LogP contribution in [0.2, 0.25) is 5.02 Å². The van der Waals surface area contributed by atoms with Crippen molar-refractivity contribution in [2.45, 2.75) is 18.5 Å². The molecular formula is C18H20ClN5S3. The van der Waals surface area contributed by atoms with Crippen LogP contribution in [0.1, 0.15) is 13.3 Å². The summed E-state index contributed by atoms with van der Waals surface area (Å²) < 4.78 is 0. The number of benzene rings is 1. The van der Waals surface area contributed by atoms with Crippen LogP contribution in [-0.4, -0.2) is 45.3 Å². The van der Waals surface area contributed by atoms with E-state index in [9.17, 15) is 0 Å². The minimum atomic E-state index is 0.676. The van der Waals surface area contributed by atoms with Gasteiger partial charge in [0.2, 0.25) is 0 Å². The lowest BCUT2D eigenvalue weighted by molar-refractivity contribution is 0.823. The normalized spacial score (nSPS) is 14.7. The van der Waals surface area contributed by atoms with E-state index in [0.29, 0.717) is 5.02 Å². The summed E-state index contributed by atoms with van der Waals surface area (Å²) >= 11 is 11.5. The summed E-state index contributed by atoms with van der Waals surface area (Å²) in [6.07, 6.45) is 1.10. The van der Waals surface area contributed by atoms with Crippen LogP contribution in [-0.2, 0) is 0 Å². The van der Waals surface area contributed by atoms with Gasteiger partial charge in [0.05, 0.1) is 10.7 Å². The zero-order valence-corrected chi connectivity index (χ0v) is 18.1. The highest BCUT2D eigenvalue weighted by Gasteiger charge is 2.21. The minimum Gasteiger partial charge on any atom is -0.353 e. The molecule has 0 radical (unpaired) electrons. The summed E-state index contributed by atoms with van der Waals surface area (Å²) in [5.41, 5.74) is 1.73. The number of hydrogen-bond acceptors (Lipinski definition) is 8. The molecule has 1 aliphatic heterocycles. The molecular weight excluding hydrogens is 418 g/mol. The molecule has 0 spiro atoms. The van der Waals surface area contributed by atoms with Crippen molar-refractivity contribution in [3.05, 3.63) is 29.3 Å². The number of fused-ring (bicyclic) bond motifs is 1. The van der Waals surface area contributed by atoms with Crippen molar-refractivity contribution in [3.8, 4) is 0 Å². The van der Waals surface area contributed by atoms with Gasteiger partial charge in [0, 0.05) is 30.3 Å². The van der Waals surface area contributed by atoms with E-state index in [2.05, 4.69) is 17.1 Å². The summed E-state index contributed by atoms with van der Waals surface area (Å²) in [5, 5.41) is 5.64. The average Bonchev–Trinajstić information content (AvgIpc) is 3.10. The molecule has 0 saturated carbocycles. The molecule has 0 amide bonds. The zero-order valence-electron chi connectivity index (χ0n) is 14.9. The summed E-state index contributed by atoms with van der Waals surface area (Å²) in [5.74, 6) is 4.22. The van der Waals surface area contributed by atoms with Gasteiger partial charge in [-0.3, -0.25) is 0 Å². The fourth-order valence-electron chi connectivity index (χ4n) is 2.77. The molecule has 1 aliphatic rings. The highest BCUT2D eigenvalue weighted by Crippen LogP contribution is 2.35. The number of nitrogens with zero attached hydrogens (tertiary/aromatic N) is 4. The number of hydrogen-bond donors (Lipinski definition) is 1. The molecule has 3 heterocycles. The van der Waals surface area contributed by atoms with Crippen LogP contribution in [0.5, 0.6) is 0 Å². The lowest BCUT2D eigenvalue weighted by Crippen LogP contribution is -2.33. The van der Waals surface area contributed by atoms with Crippen molar-refractivity contribution in [2.75, 3.05) is 40.6 Å². The number of aromatic nitrogens is 3. The van der Waals surface area contributed by atoms with Crippen LogP contribution < -0.4 is 10.2 Å². The predicted octanol–water partition coefficient (Wildman–Crippen LogP) is 5.54. The second-order valence-corrected chi connectivity index (χ2v) is 9.73. The molecule has 27 heavy (non-hydrogen) atoms. The maximum Gasteiger partial charge on any atom is 0.191 e. The zero-order chi connectivity index (χ0) is 18.6. The Morgan fingerprint density at radius 3 is 2.78 bits per heavy atom. The molecule has 0 unspecified atom stereocenters. The molecule has 1 N–H and O–H groups in total. The number of anilines is 3. The van der Waals surface area contributed by atoms with Crippen molar-refractivity contribution in [3.63, 3.8) is 0 Å². The van der Waals surface area contributed by atoms with Crippen LogP contribution in [0.4, 0.5) is 16.6 Å². The Morgan fingerprint density at radius 2 is 2.00 bits per heavy atom. The van der Waals surface area contributed by atoms with Gasteiger partial charge < -0.3 is 10.2 Å². The Bertz CT molecular complexity index is 927. The topological polar surface area (TPSA) is 53.9 Å². The highest BCUT2D eigenvalue weighted by molar-refractivity contribution is 7.99. The first-order valence-corrected chi connectivity index (χ1v) is 12.2. The summed E-state index contributed by atoms with van der Waals surface area (Å²) in [6.45, 7) is 4.17. The van der Waals surface area contributed by atoms with E-state index in [1.807, 2.05) is 36.0 Å². The molecule has 9 heteroatoms. The molecule has 0 aliphatic carbocycles. The van der Waals surface area contributed by atoms with E-state index in [1.165, 1.54) is 0 Å². The number of nitrogens with one attached hydrogen (secondary N) is 1. The number of rotatable bonds is 6. The highest BCUT2D eigenvalue weighted by atomic mass is 35.5. The van der Waals surface area contributed by atoms with E-state index >= 15 is 0 Å². The number of halogens is 1. The maximum absolute atomic E-state index is 6.28. The van der Waals surface area contributed by atoms with Gasteiger partial charge in [-0.25, -0.2) is 15.0 Å². The van der Waals surface area contributed by atoms with Gasteiger partial charge in [-0.15, -0.1) is 0 Å². The van der Waals surface area contributed by atoms with E-state index in [0.717, 1.165) is 68.9 Å². The molecule has 4 rings (SSSR count). The predicted molar refractivity (Wildman–Crippen MR) is 120 cm³/mol. The fourth-order valence-corrected chi connectivity index (χ4v) is 5.46. The van der Waals surface area contributed by atoms with Crippen LogP contribution in [0.25, 0.3) is 10.3 Å². The molecule has 1 aromatic carbocycles. The van der Waals surface area contributed by atoms with Crippen molar-refractivity contribution in [1.82, 2.24) is 15.0 Å². The first-order chi connectivity index (χ1) is 13.2. The smallest absolute Gasteiger partial charge is 0.191 e. The third kappa shape index (κ3) is 4.45. The SMILES string of the molecule is CCCSc1nc(N2CCSCC2)c2nc(Nc3ccccc3Cl)sc2n1. The average molecular weight is 438 g/mol. The maximum atomic E-state index is 6.28. The lowest BCUT2D eigenvalue weighted by atomic mass is 10.3. The van der Waals surface area contributed by atoms with Crippen molar-refractivity contribution in [1.29, 1.82) is 0 Å². The van der Waals surface area contributed by atoms with E-state index in [4.69, 9.17) is 26.6 Å². The van der Waals surface area contributed by atoms with Gasteiger partial charge >= 0.3 is 0 Å². The van der Waals surface area contributed by atoms with Crippen LogP contribution in [0.15, 0.2) is 29.4 Å². The van der Waals surface area contributed by atoms with Crippen LogP contribution in [0.3, 0.4) is 0 Å². The summed E-state index contributed by atoms with van der Waals surface area (Å²) in [7, 11) is 0. The number of thiazole rings is 1. The number of para-hydroxylation sites is 1. The molecule has 3 aromatic rings. The standard InChI is InChI=1S/C18H20ClN5S3/c1-2-9-26-17-22-15(24-7-10-25-11-8-24)14-16(23-17)27-18(21-14)20-13-6-4-3-5-12(13)19/h3-6H,2,7-11H2,1H3,(H,20,21). The van der Waals surface area contributed by atoms with Gasteiger partial charge in [0.15, 0.2) is 20.9 Å². The molecule has 142 valence electrons. The molecule has 1 saturated heterocycles. The Hall–Kier alpha value is -1.22. The molecule has 2 aromatic heterocycles. The van der Waals surface area contributed by atoms with Crippen molar-refractivity contribution < 1.29 is 0 Å². The molecule has 5 nitrogen and oxygen atoms in total. The van der Waals surface area contributed by atoms with Crippen molar-refractivity contribution >= 4 is 73.4 Å². The largest absolute Gasteiger partial charge is 0.353 e. The quantitative estimate of drug-likeness (QED) is 0.401. The first-order valence-electron chi connectivity index (χ1n) is 8.90. The number of thioether (sulfide) groups is 2. The summed E-state index contributed by atoms with van der Waals surface area (Å²) in [6, 6.07) is 7.69. The minimum absolute atomic E-state index is 0.676. The van der Waals surface area contributed by atoms with Crippen LogP contribution >= 0.6 is 46.5 Å². The second kappa shape index (κ2) is 8.86. The Kier molecular flexibility index (Phi) is 6.27. The molecule has 0 bridgehead atoms. The fraction of sp³-hybridized carbons (Fsp3) is 0.389.